The molecule has 0 aliphatic carbocycles. The first-order valence-corrected chi connectivity index (χ1v) is 6.80. The topological polar surface area (TPSA) is 107 Å². The summed E-state index contributed by atoms with van der Waals surface area (Å²) >= 11 is 4.05. The van der Waals surface area contributed by atoms with E-state index in [1.54, 1.807) is 31.2 Å². The van der Waals surface area contributed by atoms with Crippen LogP contribution < -0.4 is 0 Å². The predicted octanol–water partition coefficient (Wildman–Crippen LogP) is 1.19. The van der Waals surface area contributed by atoms with Gasteiger partial charge in [0, 0.05) is 0 Å². The number of aromatic nitrogens is 4. The Hall–Kier alpha value is -2.42. The fourth-order valence-electron chi connectivity index (χ4n) is 1.36. The van der Waals surface area contributed by atoms with Crippen molar-refractivity contribution in [1.29, 1.82) is 0 Å². The molecule has 9 heteroatoms. The summed E-state index contributed by atoms with van der Waals surface area (Å²) < 4.78 is 5.95. The quantitative estimate of drug-likeness (QED) is 0.494. The number of phenolic OH excluding ortho intramolecular Hbond substituents is 1. The van der Waals surface area contributed by atoms with Gasteiger partial charge in [-0.25, -0.2) is 0 Å². The number of benzene rings is 1. The highest BCUT2D eigenvalue weighted by atomic mass is 32.1. The number of ether oxygens (including phenoxy) is 1. The smallest absolute Gasteiger partial charge is 0.313 e. The van der Waals surface area contributed by atoms with E-state index in [0.29, 0.717) is 11.8 Å². The van der Waals surface area contributed by atoms with E-state index in [1.165, 1.54) is 11.6 Å². The Morgan fingerprint density at radius 2 is 1.95 bits per heavy atom. The first-order chi connectivity index (χ1) is 10.4. The average Bonchev–Trinajstić information content (AvgIpc) is 2.86. The number of thiol groups is 1. The highest BCUT2D eigenvalue weighted by molar-refractivity contribution is 7.80. The van der Waals surface area contributed by atoms with Gasteiger partial charge < -0.3 is 9.84 Å². The molecule has 1 aromatic carbocycles. The number of Topliss-reactive ketones (excluding diaryl/α,β-unsaturated/α-hetero) is 1. The number of hydrogen-bond donors (Lipinski definition) is 2. The number of esters is 1. The van der Waals surface area contributed by atoms with Crippen LogP contribution in [-0.4, -0.2) is 43.7 Å². The first-order valence-electron chi connectivity index (χ1n) is 6.35. The minimum Gasteiger partial charge on any atom is -0.508 e. The van der Waals surface area contributed by atoms with Crippen LogP contribution in [0.1, 0.15) is 20.3 Å². The summed E-state index contributed by atoms with van der Waals surface area (Å²) in [7, 11) is 0. The maximum atomic E-state index is 10.4. The molecular formula is C13H16N4O4S. The molecule has 0 saturated heterocycles. The van der Waals surface area contributed by atoms with Crippen molar-refractivity contribution in [2.24, 2.45) is 0 Å². The van der Waals surface area contributed by atoms with E-state index in [4.69, 9.17) is 5.11 Å². The highest BCUT2D eigenvalue weighted by Crippen LogP contribution is 2.14. The largest absolute Gasteiger partial charge is 0.508 e. The number of phenols is 1. The molecule has 8 nitrogen and oxygen atoms in total. The summed E-state index contributed by atoms with van der Waals surface area (Å²) in [5.74, 6) is -0.393. The van der Waals surface area contributed by atoms with Crippen LogP contribution in [0.15, 0.2) is 29.4 Å². The third-order valence-corrected chi connectivity index (χ3v) is 2.52. The van der Waals surface area contributed by atoms with Gasteiger partial charge in [0.15, 0.2) is 0 Å². The summed E-state index contributed by atoms with van der Waals surface area (Å²) in [5, 5.41) is 20.2. The first kappa shape index (κ1) is 17.6. The van der Waals surface area contributed by atoms with Crippen molar-refractivity contribution in [3.05, 3.63) is 24.3 Å². The summed E-state index contributed by atoms with van der Waals surface area (Å²) in [6.45, 7) is 3.40. The van der Waals surface area contributed by atoms with Crippen LogP contribution in [0.4, 0.5) is 0 Å². The van der Waals surface area contributed by atoms with E-state index in [2.05, 4.69) is 32.9 Å². The van der Waals surface area contributed by atoms with Crippen molar-refractivity contribution in [1.82, 2.24) is 20.2 Å². The molecule has 1 aromatic heterocycles. The van der Waals surface area contributed by atoms with E-state index in [-0.39, 0.29) is 18.0 Å². The summed E-state index contributed by atoms with van der Waals surface area (Å²) in [6.07, 6.45) is -0.103. The van der Waals surface area contributed by atoms with Crippen molar-refractivity contribution in [3.63, 3.8) is 0 Å². The zero-order chi connectivity index (χ0) is 16.5. The highest BCUT2D eigenvalue weighted by Gasteiger charge is 2.03. The molecule has 2 aromatic rings. The van der Waals surface area contributed by atoms with Gasteiger partial charge in [-0.3, -0.25) is 9.59 Å². The maximum absolute atomic E-state index is 10.4. The van der Waals surface area contributed by atoms with Gasteiger partial charge >= 0.3 is 5.97 Å². The van der Waals surface area contributed by atoms with Crippen LogP contribution in [0, 0.1) is 0 Å². The molecule has 0 radical (unpaired) electrons. The third-order valence-electron chi connectivity index (χ3n) is 2.25. The SMILES string of the molecule is CCOC(=O)CC(C)=O.Oc1ccc(-n2nnnc2S)cc1. The molecule has 0 saturated carbocycles. The predicted molar refractivity (Wildman–Crippen MR) is 80.0 cm³/mol. The molecule has 0 aliphatic rings. The van der Waals surface area contributed by atoms with E-state index in [0.717, 1.165) is 5.69 Å². The lowest BCUT2D eigenvalue weighted by atomic mass is 10.3. The Kier molecular flexibility index (Phi) is 7.03. The third kappa shape index (κ3) is 5.92. The van der Waals surface area contributed by atoms with Gasteiger partial charge in [-0.15, -0.1) is 17.7 Å². The van der Waals surface area contributed by atoms with Crippen molar-refractivity contribution in [2.75, 3.05) is 6.61 Å². The van der Waals surface area contributed by atoms with E-state index < -0.39 is 5.97 Å². The second-order valence-electron chi connectivity index (χ2n) is 4.09. The Labute approximate surface area is 132 Å². The fourth-order valence-corrected chi connectivity index (χ4v) is 1.55. The molecule has 0 aliphatic heterocycles. The Morgan fingerprint density at radius 1 is 1.32 bits per heavy atom. The molecule has 0 spiro atoms. The zero-order valence-electron chi connectivity index (χ0n) is 12.1. The molecule has 22 heavy (non-hydrogen) atoms. The van der Waals surface area contributed by atoms with Gasteiger partial charge in [-0.05, 0) is 48.5 Å². The van der Waals surface area contributed by atoms with E-state index >= 15 is 0 Å². The van der Waals surface area contributed by atoms with Crippen LogP contribution in [-0.2, 0) is 14.3 Å². The molecule has 2 rings (SSSR count). The van der Waals surface area contributed by atoms with Crippen LogP contribution in [0.5, 0.6) is 5.75 Å². The lowest BCUT2D eigenvalue weighted by Gasteiger charge is -1.99. The Bertz CT molecular complexity index is 627. The average molecular weight is 324 g/mol. The maximum Gasteiger partial charge on any atom is 0.313 e. The second-order valence-corrected chi connectivity index (χ2v) is 4.49. The normalized spacial score (nSPS) is 9.59. The van der Waals surface area contributed by atoms with Gasteiger partial charge in [-0.2, -0.15) is 4.68 Å². The van der Waals surface area contributed by atoms with Gasteiger partial charge in [0.05, 0.1) is 12.3 Å². The van der Waals surface area contributed by atoms with Crippen molar-refractivity contribution < 1.29 is 19.4 Å². The van der Waals surface area contributed by atoms with Crippen molar-refractivity contribution >= 4 is 24.4 Å². The monoisotopic (exact) mass is 324 g/mol. The number of carbonyl (C=O) groups is 2. The molecule has 0 fully saturated rings. The number of ketones is 1. The van der Waals surface area contributed by atoms with E-state index in [1.807, 2.05) is 0 Å². The molecule has 1 heterocycles. The van der Waals surface area contributed by atoms with Gasteiger partial charge in [0.1, 0.15) is 18.0 Å². The van der Waals surface area contributed by atoms with Crippen LogP contribution in [0.3, 0.4) is 0 Å². The van der Waals surface area contributed by atoms with Crippen LogP contribution in [0.25, 0.3) is 5.69 Å². The molecule has 118 valence electrons. The molecule has 1 N–H and O–H groups in total. The minimum atomic E-state index is -0.440. The van der Waals surface area contributed by atoms with Crippen LogP contribution in [0.2, 0.25) is 0 Å². The second kappa shape index (κ2) is 8.78. The number of aromatic hydroxyl groups is 1. The lowest BCUT2D eigenvalue weighted by Crippen LogP contribution is -2.07. The fraction of sp³-hybridized carbons (Fsp3) is 0.308. The Balaban J connectivity index is 0.000000239. The minimum absolute atomic E-state index is 0.103. The van der Waals surface area contributed by atoms with Crippen LogP contribution >= 0.6 is 12.6 Å². The van der Waals surface area contributed by atoms with Crippen molar-refractivity contribution in [3.8, 4) is 11.4 Å². The molecule has 0 unspecified atom stereocenters. The molecule has 0 amide bonds. The number of tetrazole rings is 1. The number of carbonyl (C=O) groups excluding carboxylic acids is 2. The van der Waals surface area contributed by atoms with Gasteiger partial charge in [-0.1, -0.05) is 0 Å². The molecule has 0 bridgehead atoms. The number of hydrogen-bond acceptors (Lipinski definition) is 8. The molecular weight excluding hydrogens is 308 g/mol. The van der Waals surface area contributed by atoms with E-state index in [9.17, 15) is 9.59 Å². The van der Waals surface area contributed by atoms with Gasteiger partial charge in [0.25, 0.3) is 0 Å². The lowest BCUT2D eigenvalue weighted by molar-refractivity contribution is -0.145. The van der Waals surface area contributed by atoms with Gasteiger partial charge in [0.2, 0.25) is 5.16 Å². The zero-order valence-corrected chi connectivity index (χ0v) is 13.0. The number of nitrogens with zero attached hydrogens (tertiary/aromatic N) is 4. The summed E-state index contributed by atoms with van der Waals surface area (Å²) in [5.41, 5.74) is 0.757. The van der Waals surface area contributed by atoms with Crippen molar-refractivity contribution in [2.45, 2.75) is 25.4 Å². The number of rotatable bonds is 4. The summed E-state index contributed by atoms with van der Waals surface area (Å²) in [4.78, 5) is 20.6. The molecule has 0 atom stereocenters. The summed E-state index contributed by atoms with van der Waals surface area (Å²) in [6, 6.07) is 6.52. The Morgan fingerprint density at radius 3 is 2.41 bits per heavy atom. The standard InChI is InChI=1S/C7H6N4OS.C6H10O3/c12-6-3-1-5(2-4-6)11-7(13)8-9-10-11;1-3-9-6(8)4-5(2)7/h1-4,12H,(H,8,10,13);3-4H2,1-2H3.